The van der Waals surface area contributed by atoms with Gasteiger partial charge in [0.05, 0.1) is 24.7 Å². The van der Waals surface area contributed by atoms with Gasteiger partial charge in [0.25, 0.3) is 0 Å². The molecule has 3 aromatic rings. The lowest BCUT2D eigenvalue weighted by atomic mass is 9.55. The highest BCUT2D eigenvalue weighted by molar-refractivity contribution is 6.72. The van der Waals surface area contributed by atoms with E-state index in [1.54, 1.807) is 0 Å². The second-order valence-corrected chi connectivity index (χ2v) is 25.1. The molecule has 0 aliphatic heterocycles. The summed E-state index contributed by atoms with van der Waals surface area (Å²) in [5, 5.41) is 39.9. The van der Waals surface area contributed by atoms with Crippen LogP contribution in [0.15, 0.2) is 54.6 Å². The normalized spacial score (nSPS) is 37.3. The third kappa shape index (κ3) is 9.60. The molecule has 6 saturated carbocycles. The number of rotatable bonds is 6. The summed E-state index contributed by atoms with van der Waals surface area (Å²) in [5.74, 6) is 5.67. The quantitative estimate of drug-likeness (QED) is 0.0807. The van der Waals surface area contributed by atoms with Crippen molar-refractivity contribution in [2.45, 2.75) is 185 Å². The van der Waals surface area contributed by atoms with Gasteiger partial charge in [-0.1, -0.05) is 39.0 Å². The number of fused-ring (bicyclic) bond motifs is 15. The molecule has 9 aliphatic carbocycles. The van der Waals surface area contributed by atoms with Gasteiger partial charge in [-0.15, -0.1) is 0 Å². The molecule has 3 aromatic carbocycles. The molecule has 10 nitrogen and oxygen atoms in total. The van der Waals surface area contributed by atoms with Crippen molar-refractivity contribution < 1.29 is 49.1 Å². The number of aryl methyl sites for hydroxylation is 3. The predicted octanol–water partition coefficient (Wildman–Crippen LogP) is 11.5. The average molecular weight is 1030 g/mol. The lowest BCUT2D eigenvalue weighted by molar-refractivity contribution is -0.144. The summed E-state index contributed by atoms with van der Waals surface area (Å²) in [6.45, 7) is 6.91. The number of carbonyl (C=O) groups excluding carboxylic acids is 4. The lowest BCUT2D eigenvalue weighted by Gasteiger charge is -2.50. The number of benzene rings is 3. The Morgan fingerprint density at radius 1 is 0.486 bits per heavy atom. The molecule has 0 saturated heterocycles. The smallest absolute Gasteiger partial charge is 0.322 e. The zero-order chi connectivity index (χ0) is 50.9. The third-order valence-electron chi connectivity index (χ3n) is 21.0. The largest absolute Gasteiger partial charge is 0.508 e. The molecule has 12 rings (SSSR count). The van der Waals surface area contributed by atoms with Crippen molar-refractivity contribution in [1.29, 1.82) is 0 Å². The van der Waals surface area contributed by atoms with Crippen LogP contribution in [0, 0.1) is 51.8 Å². The fourth-order valence-electron chi connectivity index (χ4n) is 17.3. The van der Waals surface area contributed by atoms with Crippen LogP contribution in [0.1, 0.15) is 181 Å². The van der Waals surface area contributed by atoms with Crippen molar-refractivity contribution in [2.75, 3.05) is 0 Å². The second-order valence-electron chi connectivity index (χ2n) is 24.3. The number of hydrogen-bond acceptors (Lipinski definition) is 10. The molecule has 388 valence electrons. The van der Waals surface area contributed by atoms with Crippen molar-refractivity contribution >= 4 is 45.6 Å². The summed E-state index contributed by atoms with van der Waals surface area (Å²) in [4.78, 5) is 45.0. The summed E-state index contributed by atoms with van der Waals surface area (Å²) in [5.41, 5.74) is 8.34. The molecular formula is C60H74Cl2O10. The van der Waals surface area contributed by atoms with Crippen LogP contribution in [0.3, 0.4) is 0 Å². The van der Waals surface area contributed by atoms with Gasteiger partial charge in [0.1, 0.15) is 23.7 Å². The number of aromatic hydroxyl groups is 1. The number of phenolic OH excluding ortho intramolecular Hbond substituents is 1. The molecule has 6 fully saturated rings. The molecule has 0 aromatic heterocycles. The van der Waals surface area contributed by atoms with Crippen LogP contribution >= 0.6 is 23.2 Å². The predicted molar refractivity (Wildman–Crippen MR) is 275 cm³/mol. The van der Waals surface area contributed by atoms with Gasteiger partial charge < -0.3 is 29.9 Å². The SMILES string of the molecule is C[C@]12CCC3c4ccc(O)cc4CCC3C1CC[C@@H]2O.C[C@]12CCC3c4ccc(OC(=O)CC(=O)Oc5ccc6c(c5)CCC5C6CC[C@@]6(C)C5CC[C@@H]6O)cc4CCC3C1CC[C@@H]2O.O=C(Cl)CC(=O)Cl. The lowest BCUT2D eigenvalue weighted by Crippen LogP contribution is -2.43. The van der Waals surface area contributed by atoms with Gasteiger partial charge in [0.15, 0.2) is 0 Å². The highest BCUT2D eigenvalue weighted by Crippen LogP contribution is 2.64. The van der Waals surface area contributed by atoms with E-state index in [0.29, 0.717) is 64.6 Å². The summed E-state index contributed by atoms with van der Waals surface area (Å²) in [6.07, 6.45) is 18.2. The first-order chi connectivity index (χ1) is 34.4. The maximum absolute atomic E-state index is 12.8. The summed E-state index contributed by atoms with van der Waals surface area (Å²) >= 11 is 9.46. The number of aliphatic hydroxyl groups is 3. The first-order valence-corrected chi connectivity index (χ1v) is 28.0. The van der Waals surface area contributed by atoms with E-state index >= 15 is 0 Å². The minimum absolute atomic E-state index is 0.0589. The van der Waals surface area contributed by atoms with Gasteiger partial charge in [-0.2, -0.15) is 0 Å². The minimum Gasteiger partial charge on any atom is -0.508 e. The van der Waals surface area contributed by atoms with E-state index in [1.165, 1.54) is 52.6 Å². The van der Waals surface area contributed by atoms with Crippen LogP contribution in [-0.2, 0) is 38.4 Å². The number of halogens is 2. The van der Waals surface area contributed by atoms with Gasteiger partial charge in [0.2, 0.25) is 10.5 Å². The number of esters is 2. The standard InChI is InChI=1S/C39H48O6.C18H24O2.C3H2Cl2O2/c1-38-17-15-28-26-9-5-24(19-22(26)3-7-30(28)32(38)11-13-34(38)40)44-36(42)21-37(43)45-25-6-10-27-23(20-25)4-8-31-29(27)16-18-39(2)33(31)12-14-35(39)41;1-18-9-8-14-13-5-3-12(19)10-11(13)2-4-15(14)16(18)6-7-17(18)20;4-2(6)1-3(5)7/h5-6,9-10,19-20,28-35,40-41H,3-4,7-8,11-18,21H2,1-2H3;3,5,10,14-17,19-20H,2,4,6-9H2,1H3;1H2/t28?,29?,30?,31?,32?,33?,34-,35-,38-,39-;14?,15?,16?,17-,18-;/m00./s1. The van der Waals surface area contributed by atoms with Crippen molar-refractivity contribution in [3.63, 3.8) is 0 Å². The maximum atomic E-state index is 12.8. The van der Waals surface area contributed by atoms with Crippen LogP contribution in [0.4, 0.5) is 0 Å². The Labute approximate surface area is 434 Å². The van der Waals surface area contributed by atoms with Crippen LogP contribution in [0.5, 0.6) is 17.2 Å². The molecule has 0 bridgehead atoms. The molecule has 0 heterocycles. The minimum atomic E-state index is -0.722. The first kappa shape index (κ1) is 51.7. The molecule has 15 atom stereocenters. The number of hydrogen-bond donors (Lipinski definition) is 4. The maximum Gasteiger partial charge on any atom is 0.322 e. The second kappa shape index (κ2) is 20.4. The van der Waals surface area contributed by atoms with Crippen molar-refractivity contribution in [3.05, 3.63) is 88.0 Å². The van der Waals surface area contributed by atoms with Crippen LogP contribution < -0.4 is 9.47 Å². The van der Waals surface area contributed by atoms with Crippen molar-refractivity contribution in [3.8, 4) is 17.2 Å². The van der Waals surface area contributed by atoms with Gasteiger partial charge >= 0.3 is 11.9 Å². The van der Waals surface area contributed by atoms with Crippen molar-refractivity contribution in [2.24, 2.45) is 51.8 Å². The monoisotopic (exact) mass is 1020 g/mol. The Balaban J connectivity index is 0.000000181. The van der Waals surface area contributed by atoms with E-state index in [0.717, 1.165) is 102 Å². The Morgan fingerprint density at radius 2 is 0.833 bits per heavy atom. The fourth-order valence-corrected chi connectivity index (χ4v) is 17.6. The topological polar surface area (TPSA) is 168 Å². The van der Waals surface area contributed by atoms with Gasteiger partial charge in [-0.3, -0.25) is 19.2 Å². The summed E-state index contributed by atoms with van der Waals surface area (Å²) in [6, 6.07) is 17.9. The van der Waals surface area contributed by atoms with Crippen molar-refractivity contribution in [1.82, 2.24) is 0 Å². The van der Waals surface area contributed by atoms with E-state index < -0.39 is 28.8 Å². The summed E-state index contributed by atoms with van der Waals surface area (Å²) < 4.78 is 11.3. The fraction of sp³-hybridized carbons (Fsp3) is 0.633. The number of carbonyl (C=O) groups is 4. The Bertz CT molecular complexity index is 2460. The number of aliphatic hydroxyl groups excluding tert-OH is 3. The molecule has 12 heteroatoms. The highest BCUT2D eigenvalue weighted by atomic mass is 35.5. The molecule has 9 aliphatic rings. The molecule has 72 heavy (non-hydrogen) atoms. The zero-order valence-corrected chi connectivity index (χ0v) is 43.8. The van der Waals surface area contributed by atoms with Crippen LogP contribution in [0.25, 0.3) is 0 Å². The van der Waals surface area contributed by atoms with E-state index in [9.17, 15) is 39.6 Å². The molecule has 0 spiro atoms. The molecule has 0 radical (unpaired) electrons. The first-order valence-electron chi connectivity index (χ1n) is 27.3. The molecule has 0 amide bonds. The van der Waals surface area contributed by atoms with E-state index in [1.807, 2.05) is 36.4 Å². The van der Waals surface area contributed by atoms with Crippen LogP contribution in [0.2, 0.25) is 0 Å². The molecule has 9 unspecified atom stereocenters. The Hall–Kier alpha value is -3.80. The van der Waals surface area contributed by atoms with Gasteiger partial charge in [-0.25, -0.2) is 0 Å². The average Bonchev–Trinajstić information content (AvgIpc) is 3.95. The summed E-state index contributed by atoms with van der Waals surface area (Å²) in [7, 11) is 0. The highest BCUT2D eigenvalue weighted by Gasteiger charge is 2.57. The molecule has 4 N–H and O–H groups in total. The van der Waals surface area contributed by atoms with E-state index in [2.05, 4.69) is 39.0 Å². The number of ether oxygens (including phenoxy) is 2. The van der Waals surface area contributed by atoms with Gasteiger partial charge in [-0.05, 0) is 278 Å². The van der Waals surface area contributed by atoms with Gasteiger partial charge in [0, 0.05) is 0 Å². The van der Waals surface area contributed by atoms with E-state index in [4.69, 9.17) is 32.7 Å². The Kier molecular flexibility index (Phi) is 14.6. The third-order valence-corrected chi connectivity index (χ3v) is 21.3. The number of phenols is 1. The van der Waals surface area contributed by atoms with Crippen LogP contribution in [-0.4, -0.2) is 61.2 Å². The Morgan fingerprint density at radius 3 is 1.18 bits per heavy atom. The van der Waals surface area contributed by atoms with E-state index in [-0.39, 0.29) is 41.0 Å². The molecular weight excluding hydrogens is 952 g/mol. The zero-order valence-electron chi connectivity index (χ0n) is 42.3.